The summed E-state index contributed by atoms with van der Waals surface area (Å²) < 4.78 is 37.2. The number of anilines is 1. The van der Waals surface area contributed by atoms with Gasteiger partial charge in [0.05, 0.1) is 23.6 Å². The van der Waals surface area contributed by atoms with Crippen LogP contribution in [0.3, 0.4) is 0 Å². The number of rotatable bonds is 4. The summed E-state index contributed by atoms with van der Waals surface area (Å²) in [4.78, 5) is 25.4. The quantitative estimate of drug-likeness (QED) is 0.835. The van der Waals surface area contributed by atoms with Gasteiger partial charge >= 0.3 is 5.97 Å². The number of morpholine rings is 1. The summed E-state index contributed by atoms with van der Waals surface area (Å²) >= 11 is 0. The number of nitrogens with zero attached hydrogens (tertiary/aromatic N) is 2. The first-order valence-electron chi connectivity index (χ1n) is 8.79. The number of hydrogen-bond donors (Lipinski definition) is 2. The van der Waals surface area contributed by atoms with Crippen LogP contribution in [0.5, 0.6) is 0 Å². The van der Waals surface area contributed by atoms with Crippen molar-refractivity contribution >= 4 is 22.6 Å². The predicted molar refractivity (Wildman–Crippen MR) is 94.4 cm³/mol. The molecule has 1 aliphatic carbocycles. The second kappa shape index (κ2) is 6.58. The highest BCUT2D eigenvalue weighted by atomic mass is 19.1. The van der Waals surface area contributed by atoms with Crippen molar-refractivity contribution < 1.29 is 23.4 Å². The summed E-state index contributed by atoms with van der Waals surface area (Å²) in [6.45, 7) is 1.03. The Kier molecular flexibility index (Phi) is 4.35. The van der Waals surface area contributed by atoms with Crippen molar-refractivity contribution in [1.29, 1.82) is 0 Å². The van der Waals surface area contributed by atoms with Crippen molar-refractivity contribution in [1.82, 2.24) is 4.57 Å². The van der Waals surface area contributed by atoms with Crippen molar-refractivity contribution in [3.63, 3.8) is 0 Å². The average molecular weight is 379 g/mol. The number of carboxylic acid groups (broad SMARTS) is 1. The van der Waals surface area contributed by atoms with E-state index in [2.05, 4.69) is 0 Å². The molecule has 1 saturated carbocycles. The molecule has 7 nitrogen and oxygen atoms in total. The molecule has 2 fully saturated rings. The summed E-state index contributed by atoms with van der Waals surface area (Å²) in [6.07, 6.45) is 2.32. The van der Waals surface area contributed by atoms with E-state index >= 15 is 4.39 Å². The lowest BCUT2D eigenvalue weighted by Crippen LogP contribution is -2.46. The molecule has 1 aromatic heterocycles. The first kappa shape index (κ1) is 17.9. The fraction of sp³-hybridized carbons (Fsp3) is 0.444. The molecule has 1 aromatic carbocycles. The number of carboxylic acids is 1. The topological polar surface area (TPSA) is 97.8 Å². The molecular weight excluding hydrogens is 360 g/mol. The zero-order valence-electron chi connectivity index (χ0n) is 14.5. The van der Waals surface area contributed by atoms with Gasteiger partial charge in [-0.25, -0.2) is 13.6 Å². The molecule has 1 atom stereocenters. The molecular formula is C18H19F2N3O4. The minimum atomic E-state index is -1.42. The lowest BCUT2D eigenvalue weighted by atomic mass is 10.1. The van der Waals surface area contributed by atoms with Gasteiger partial charge in [-0.3, -0.25) is 4.79 Å². The van der Waals surface area contributed by atoms with Crippen LogP contribution < -0.4 is 16.1 Å². The summed E-state index contributed by atoms with van der Waals surface area (Å²) in [5.41, 5.74) is 3.94. The van der Waals surface area contributed by atoms with Crippen LogP contribution in [0.25, 0.3) is 10.9 Å². The summed E-state index contributed by atoms with van der Waals surface area (Å²) in [5.74, 6) is -3.18. The highest BCUT2D eigenvalue weighted by Gasteiger charge is 2.32. The van der Waals surface area contributed by atoms with E-state index < -0.39 is 28.6 Å². The number of aromatic nitrogens is 1. The molecule has 0 spiro atoms. The number of hydrogen-bond acceptors (Lipinski definition) is 5. The maximum Gasteiger partial charge on any atom is 0.341 e. The Balaban J connectivity index is 1.95. The molecule has 2 aromatic rings. The molecule has 1 aliphatic heterocycles. The van der Waals surface area contributed by atoms with Gasteiger partial charge in [0, 0.05) is 31.9 Å². The summed E-state index contributed by atoms with van der Waals surface area (Å²) in [7, 11) is 0. The van der Waals surface area contributed by atoms with Crippen molar-refractivity contribution in [3.05, 3.63) is 39.7 Å². The smallest absolute Gasteiger partial charge is 0.341 e. The number of fused-ring (bicyclic) bond motifs is 1. The number of pyridine rings is 1. The van der Waals surface area contributed by atoms with Crippen LogP contribution in [-0.4, -0.2) is 48.0 Å². The molecule has 0 unspecified atom stereocenters. The van der Waals surface area contributed by atoms with Crippen molar-refractivity contribution in [2.24, 2.45) is 5.73 Å². The third-order valence-electron chi connectivity index (χ3n) is 5.07. The SMILES string of the molecule is NC[C@H]1CN(c2c(F)cc3c(=O)c(C(=O)O)cn(C4CC4)c3c2F)CCO1. The maximum atomic E-state index is 15.4. The Morgan fingerprint density at radius 3 is 2.74 bits per heavy atom. The highest BCUT2D eigenvalue weighted by molar-refractivity contribution is 5.94. The number of benzene rings is 1. The Morgan fingerprint density at radius 1 is 1.37 bits per heavy atom. The molecule has 2 aliphatic rings. The second-order valence-electron chi connectivity index (χ2n) is 6.91. The lowest BCUT2D eigenvalue weighted by molar-refractivity contribution is 0.0461. The molecule has 9 heteroatoms. The van der Waals surface area contributed by atoms with Gasteiger partial charge in [-0.2, -0.15) is 0 Å². The van der Waals surface area contributed by atoms with E-state index in [-0.39, 0.29) is 55.0 Å². The third kappa shape index (κ3) is 2.96. The van der Waals surface area contributed by atoms with Gasteiger partial charge in [-0.05, 0) is 18.9 Å². The third-order valence-corrected chi connectivity index (χ3v) is 5.07. The number of carbonyl (C=O) groups is 1. The Hall–Kier alpha value is -2.52. The minimum Gasteiger partial charge on any atom is -0.477 e. The van der Waals surface area contributed by atoms with E-state index in [0.29, 0.717) is 0 Å². The van der Waals surface area contributed by atoms with E-state index in [1.54, 1.807) is 0 Å². The van der Waals surface area contributed by atoms with Crippen LogP contribution >= 0.6 is 0 Å². The van der Waals surface area contributed by atoms with Gasteiger partial charge in [0.25, 0.3) is 0 Å². The predicted octanol–water partition coefficient (Wildman–Crippen LogP) is 1.48. The second-order valence-corrected chi connectivity index (χ2v) is 6.91. The Bertz CT molecular complexity index is 987. The standard InChI is InChI=1S/C18H19F2N3O4/c19-13-5-11-15(14(20)16(13)22-3-4-27-10(6-21)7-22)23(9-1-2-9)8-12(17(11)24)18(25)26/h5,8-10H,1-4,6-7,21H2,(H,25,26)/t10-/m0/s1. The molecule has 144 valence electrons. The van der Waals surface area contributed by atoms with E-state index in [4.69, 9.17) is 10.5 Å². The van der Waals surface area contributed by atoms with Crippen LogP contribution in [-0.2, 0) is 4.74 Å². The highest BCUT2D eigenvalue weighted by Crippen LogP contribution is 2.39. The lowest BCUT2D eigenvalue weighted by Gasteiger charge is -2.34. The summed E-state index contributed by atoms with van der Waals surface area (Å²) in [5, 5.41) is 9.01. The van der Waals surface area contributed by atoms with Gasteiger partial charge in [-0.1, -0.05) is 0 Å². The number of ether oxygens (including phenoxy) is 1. The molecule has 27 heavy (non-hydrogen) atoms. The number of aromatic carboxylic acids is 1. The Labute approximate surface area is 152 Å². The number of nitrogens with two attached hydrogens (primary N) is 1. The molecule has 0 amide bonds. The molecule has 3 N–H and O–H groups in total. The first-order valence-corrected chi connectivity index (χ1v) is 8.79. The molecule has 0 bridgehead atoms. The average Bonchev–Trinajstić information content (AvgIpc) is 3.47. The minimum absolute atomic E-state index is 0.0558. The molecule has 0 radical (unpaired) electrons. The monoisotopic (exact) mass is 379 g/mol. The zero-order valence-corrected chi connectivity index (χ0v) is 14.5. The van der Waals surface area contributed by atoms with Crippen LogP contribution in [0, 0.1) is 11.6 Å². The molecule has 2 heterocycles. The van der Waals surface area contributed by atoms with Crippen molar-refractivity contribution in [2.45, 2.75) is 25.0 Å². The van der Waals surface area contributed by atoms with E-state index in [9.17, 15) is 19.1 Å². The Morgan fingerprint density at radius 2 is 2.11 bits per heavy atom. The van der Waals surface area contributed by atoms with E-state index in [1.807, 2.05) is 0 Å². The van der Waals surface area contributed by atoms with Gasteiger partial charge in [0.1, 0.15) is 17.1 Å². The van der Waals surface area contributed by atoms with Crippen LogP contribution in [0.2, 0.25) is 0 Å². The van der Waals surface area contributed by atoms with Gasteiger partial charge in [0.2, 0.25) is 5.43 Å². The zero-order chi connectivity index (χ0) is 19.3. The molecule has 1 saturated heterocycles. The van der Waals surface area contributed by atoms with Crippen LogP contribution in [0.4, 0.5) is 14.5 Å². The fourth-order valence-corrected chi connectivity index (χ4v) is 3.58. The van der Waals surface area contributed by atoms with Gasteiger partial charge in [-0.15, -0.1) is 0 Å². The van der Waals surface area contributed by atoms with E-state index in [1.165, 1.54) is 9.47 Å². The summed E-state index contributed by atoms with van der Waals surface area (Å²) in [6, 6.07) is 0.842. The first-order chi connectivity index (χ1) is 12.9. The van der Waals surface area contributed by atoms with Crippen LogP contribution in [0.15, 0.2) is 17.1 Å². The van der Waals surface area contributed by atoms with Gasteiger partial charge < -0.3 is 25.0 Å². The maximum absolute atomic E-state index is 15.4. The van der Waals surface area contributed by atoms with E-state index in [0.717, 1.165) is 25.1 Å². The number of halogens is 2. The van der Waals surface area contributed by atoms with Gasteiger partial charge in [0.15, 0.2) is 5.82 Å². The van der Waals surface area contributed by atoms with Crippen molar-refractivity contribution in [3.8, 4) is 0 Å². The molecule has 4 rings (SSSR count). The van der Waals surface area contributed by atoms with Crippen LogP contribution in [0.1, 0.15) is 29.2 Å². The largest absolute Gasteiger partial charge is 0.477 e. The van der Waals surface area contributed by atoms with Crippen molar-refractivity contribution in [2.75, 3.05) is 31.1 Å². The fourth-order valence-electron chi connectivity index (χ4n) is 3.58. The normalized spacial score (nSPS) is 20.3.